The number of carbonyl (C=O) groups excluding carboxylic acids is 3. The van der Waals surface area contributed by atoms with E-state index in [0.717, 1.165) is 24.3 Å². The van der Waals surface area contributed by atoms with Crippen LogP contribution in [-0.4, -0.2) is 88.7 Å². The molecule has 3 saturated heterocycles. The minimum atomic E-state index is -1.25. The predicted molar refractivity (Wildman–Crippen MR) is 194 cm³/mol. The smallest absolute Gasteiger partial charge is 0.253 e. The van der Waals surface area contributed by atoms with Gasteiger partial charge in [0.15, 0.2) is 0 Å². The highest BCUT2D eigenvalue weighted by Gasteiger charge is 2.80. The van der Waals surface area contributed by atoms with Gasteiger partial charge in [-0.15, -0.1) is 13.2 Å². The summed E-state index contributed by atoms with van der Waals surface area (Å²) in [6.45, 7) is 22.2. The zero-order valence-electron chi connectivity index (χ0n) is 30.0. The summed E-state index contributed by atoms with van der Waals surface area (Å²) in [5.74, 6) is -2.78. The number of hydrogen-bond acceptors (Lipinski definition) is 6. The summed E-state index contributed by atoms with van der Waals surface area (Å²) in [5, 5.41) is 10.7. The van der Waals surface area contributed by atoms with Crippen LogP contribution in [0.1, 0.15) is 53.5 Å². The molecule has 3 aliphatic heterocycles. The van der Waals surface area contributed by atoms with Crippen LogP contribution in [0.4, 0.5) is 11.4 Å². The summed E-state index contributed by atoms with van der Waals surface area (Å²) in [6.07, 6.45) is 3.82. The van der Waals surface area contributed by atoms with Crippen LogP contribution >= 0.6 is 0 Å². The van der Waals surface area contributed by atoms with E-state index in [1.807, 2.05) is 82.3 Å². The first-order valence-corrected chi connectivity index (χ1v) is 17.8. The number of ether oxygens (including phenoxy) is 1. The Morgan fingerprint density at radius 3 is 2.16 bits per heavy atom. The van der Waals surface area contributed by atoms with Gasteiger partial charge in [0, 0.05) is 44.1 Å². The SMILES string of the molecule is C=CCN(Cc1ccccc1)C(=O)[C@@H]1[C@H]2C(=O)N([C@@H](CO)C(C)C)C(C(=O)N(CC=C)c3ccc(N(CC)CC)cc3)C23CC(C)[C@@]1(C)O3. The number of anilines is 2. The van der Waals surface area contributed by atoms with Gasteiger partial charge in [0.25, 0.3) is 5.91 Å². The van der Waals surface area contributed by atoms with Crippen molar-refractivity contribution in [3.8, 4) is 0 Å². The Balaban J connectivity index is 1.61. The molecule has 5 rings (SSSR count). The molecule has 1 N–H and O–H groups in total. The average Bonchev–Trinajstić information content (AvgIpc) is 3.61. The molecule has 3 aliphatic rings. The Hall–Kier alpha value is -3.95. The molecule has 3 heterocycles. The van der Waals surface area contributed by atoms with Crippen molar-refractivity contribution in [1.29, 1.82) is 0 Å². The van der Waals surface area contributed by atoms with Crippen LogP contribution in [0.15, 0.2) is 79.9 Å². The zero-order valence-corrected chi connectivity index (χ0v) is 30.0. The molecule has 7 atom stereocenters. The van der Waals surface area contributed by atoms with Crippen molar-refractivity contribution < 1.29 is 24.2 Å². The summed E-state index contributed by atoms with van der Waals surface area (Å²) >= 11 is 0. The van der Waals surface area contributed by atoms with Crippen molar-refractivity contribution >= 4 is 29.1 Å². The maximum absolute atomic E-state index is 15.2. The maximum Gasteiger partial charge on any atom is 0.253 e. The van der Waals surface area contributed by atoms with E-state index in [2.05, 4.69) is 31.9 Å². The highest BCUT2D eigenvalue weighted by atomic mass is 16.5. The van der Waals surface area contributed by atoms with Crippen molar-refractivity contribution in [3.05, 3.63) is 85.5 Å². The number of benzene rings is 2. The van der Waals surface area contributed by atoms with E-state index in [4.69, 9.17) is 4.74 Å². The molecule has 0 aliphatic carbocycles. The van der Waals surface area contributed by atoms with Gasteiger partial charge in [-0.1, -0.05) is 63.3 Å². The molecule has 3 unspecified atom stereocenters. The molecule has 1 spiro atoms. The van der Waals surface area contributed by atoms with E-state index < -0.39 is 35.1 Å². The van der Waals surface area contributed by atoms with Gasteiger partial charge in [-0.05, 0) is 68.9 Å². The van der Waals surface area contributed by atoms with Crippen LogP contribution < -0.4 is 9.80 Å². The molecule has 3 amide bonds. The number of aliphatic hydroxyl groups is 1. The van der Waals surface area contributed by atoms with Gasteiger partial charge in [-0.25, -0.2) is 0 Å². The summed E-state index contributed by atoms with van der Waals surface area (Å²) in [4.78, 5) is 52.1. The molecule has 9 nitrogen and oxygen atoms in total. The van der Waals surface area contributed by atoms with Crippen molar-refractivity contribution in [2.24, 2.45) is 23.7 Å². The third-order valence-corrected chi connectivity index (χ3v) is 11.3. The van der Waals surface area contributed by atoms with Crippen LogP contribution in [0.3, 0.4) is 0 Å². The molecule has 0 saturated carbocycles. The quantitative estimate of drug-likeness (QED) is 0.259. The fraction of sp³-hybridized carbons (Fsp3) is 0.525. The standard InChI is InChI=1S/C40H54N4O5/c1-9-22-42(25-29-16-14-13-15-17-29)36(46)33-34-37(47)44(32(26-45)27(5)6)35(40(34)24-28(7)39(33,8)49-40)38(48)43(23-10-2)31-20-18-30(19-21-31)41(11-3)12-4/h9-10,13-21,27-28,32-35,45H,1-2,11-12,22-26H2,3-8H3/t28?,32-,33-,34-,35?,39+,40?/m0/s1. The summed E-state index contributed by atoms with van der Waals surface area (Å²) in [7, 11) is 0. The molecular formula is C40H54N4O5. The molecule has 0 radical (unpaired) electrons. The lowest BCUT2D eigenvalue weighted by atomic mass is 9.62. The Morgan fingerprint density at radius 2 is 1.61 bits per heavy atom. The Kier molecular flexibility index (Phi) is 10.7. The first-order chi connectivity index (χ1) is 23.4. The lowest BCUT2D eigenvalue weighted by molar-refractivity contribution is -0.154. The molecule has 0 aromatic heterocycles. The third kappa shape index (κ3) is 6.09. The summed E-state index contributed by atoms with van der Waals surface area (Å²) in [5.41, 5.74) is 0.473. The van der Waals surface area contributed by atoms with Crippen molar-refractivity contribution in [1.82, 2.24) is 9.80 Å². The summed E-state index contributed by atoms with van der Waals surface area (Å²) in [6, 6.07) is 15.9. The van der Waals surface area contributed by atoms with Gasteiger partial charge >= 0.3 is 0 Å². The Labute approximate surface area is 292 Å². The second-order valence-corrected chi connectivity index (χ2v) is 14.4. The topological polar surface area (TPSA) is 93.6 Å². The van der Waals surface area contributed by atoms with E-state index in [1.165, 1.54) is 0 Å². The van der Waals surface area contributed by atoms with Crippen LogP contribution in [0.2, 0.25) is 0 Å². The van der Waals surface area contributed by atoms with E-state index >= 15 is 4.79 Å². The number of hydrogen-bond donors (Lipinski definition) is 1. The predicted octanol–water partition coefficient (Wildman–Crippen LogP) is 5.29. The molecule has 2 aromatic rings. The minimum Gasteiger partial charge on any atom is -0.394 e. The molecule has 9 heteroatoms. The van der Waals surface area contributed by atoms with Crippen LogP contribution in [0.25, 0.3) is 0 Å². The maximum atomic E-state index is 15.2. The fourth-order valence-electron chi connectivity index (χ4n) is 8.73. The van der Waals surface area contributed by atoms with E-state index in [9.17, 15) is 14.7 Å². The largest absolute Gasteiger partial charge is 0.394 e. The molecule has 49 heavy (non-hydrogen) atoms. The molecular weight excluding hydrogens is 616 g/mol. The summed E-state index contributed by atoms with van der Waals surface area (Å²) < 4.78 is 7.05. The minimum absolute atomic E-state index is 0.115. The van der Waals surface area contributed by atoms with Crippen LogP contribution in [0, 0.1) is 23.7 Å². The zero-order chi connectivity index (χ0) is 35.7. The van der Waals surface area contributed by atoms with Crippen molar-refractivity contribution in [2.45, 2.75) is 77.8 Å². The molecule has 264 valence electrons. The number of aliphatic hydroxyl groups excluding tert-OH is 1. The fourth-order valence-corrected chi connectivity index (χ4v) is 8.73. The highest BCUT2D eigenvalue weighted by Crippen LogP contribution is 2.66. The Morgan fingerprint density at radius 1 is 1.00 bits per heavy atom. The second kappa shape index (κ2) is 14.5. The van der Waals surface area contributed by atoms with E-state index in [-0.39, 0.29) is 42.7 Å². The first-order valence-electron chi connectivity index (χ1n) is 17.8. The molecule has 3 fully saturated rings. The van der Waals surface area contributed by atoms with Crippen LogP contribution in [0.5, 0.6) is 0 Å². The number of nitrogens with zero attached hydrogens (tertiary/aromatic N) is 4. The first kappa shape index (κ1) is 36.3. The average molecular weight is 671 g/mol. The van der Waals surface area contributed by atoms with Gasteiger partial charge in [0.1, 0.15) is 11.6 Å². The van der Waals surface area contributed by atoms with E-state index in [0.29, 0.717) is 25.2 Å². The second-order valence-electron chi connectivity index (χ2n) is 14.4. The van der Waals surface area contributed by atoms with Gasteiger partial charge in [-0.2, -0.15) is 0 Å². The number of carbonyl (C=O) groups is 3. The van der Waals surface area contributed by atoms with Gasteiger partial charge in [0.2, 0.25) is 11.8 Å². The lowest BCUT2D eigenvalue weighted by Gasteiger charge is -2.40. The van der Waals surface area contributed by atoms with Gasteiger partial charge in [0.05, 0.1) is 30.1 Å². The monoisotopic (exact) mass is 670 g/mol. The number of rotatable bonds is 15. The number of likely N-dealkylation sites (tertiary alicyclic amines) is 1. The third-order valence-electron chi connectivity index (χ3n) is 11.3. The van der Waals surface area contributed by atoms with Crippen molar-refractivity contribution in [3.63, 3.8) is 0 Å². The van der Waals surface area contributed by atoms with Gasteiger partial charge < -0.3 is 29.4 Å². The van der Waals surface area contributed by atoms with Crippen LogP contribution in [-0.2, 0) is 25.7 Å². The highest BCUT2D eigenvalue weighted by molar-refractivity contribution is 6.05. The Bertz CT molecular complexity index is 1520. The van der Waals surface area contributed by atoms with E-state index in [1.54, 1.807) is 26.9 Å². The lowest BCUT2D eigenvalue weighted by Crippen LogP contribution is -2.60. The number of fused-ring (bicyclic) bond motifs is 1. The molecule has 2 aromatic carbocycles. The molecule has 2 bridgehead atoms. The van der Waals surface area contributed by atoms with Gasteiger partial charge in [-0.3, -0.25) is 14.4 Å². The normalized spacial score (nSPS) is 27.6. The van der Waals surface area contributed by atoms with Crippen molar-refractivity contribution in [2.75, 3.05) is 42.6 Å². The number of amides is 3.